The number of amides is 1. The van der Waals surface area contributed by atoms with Crippen LogP contribution >= 0.6 is 27.7 Å². The molecule has 6 heteroatoms. The highest BCUT2D eigenvalue weighted by Crippen LogP contribution is 2.38. The van der Waals surface area contributed by atoms with Gasteiger partial charge in [-0.3, -0.25) is 4.79 Å². The van der Waals surface area contributed by atoms with E-state index in [-0.39, 0.29) is 11.7 Å². The largest absolute Gasteiger partial charge is 0.503 e. The minimum Gasteiger partial charge on any atom is -0.503 e. The normalized spacial score (nSPS) is 15.6. The lowest BCUT2D eigenvalue weighted by Gasteiger charge is -2.08. The number of aryl methyl sites for hydroxylation is 1. The quantitative estimate of drug-likeness (QED) is 0.716. The van der Waals surface area contributed by atoms with Crippen molar-refractivity contribution in [2.45, 2.75) is 13.8 Å². The van der Waals surface area contributed by atoms with Crippen LogP contribution in [0.1, 0.15) is 23.6 Å². The summed E-state index contributed by atoms with van der Waals surface area (Å²) in [5, 5.41) is 10.7. The van der Waals surface area contributed by atoms with E-state index in [2.05, 4.69) is 20.9 Å². The van der Waals surface area contributed by atoms with E-state index in [0.717, 1.165) is 16.7 Å². The molecule has 0 atom stereocenters. The van der Waals surface area contributed by atoms with E-state index in [0.29, 0.717) is 26.8 Å². The highest BCUT2D eigenvalue weighted by atomic mass is 79.9. The van der Waals surface area contributed by atoms with Crippen molar-refractivity contribution in [1.82, 2.24) is 0 Å². The molecule has 2 aromatic carbocycles. The van der Waals surface area contributed by atoms with Gasteiger partial charge in [0.05, 0.1) is 16.0 Å². The fourth-order valence-corrected chi connectivity index (χ4v) is 3.70. The zero-order valence-electron chi connectivity index (χ0n) is 13.7. The summed E-state index contributed by atoms with van der Waals surface area (Å²) in [6.07, 6.45) is 1.75. The topological polar surface area (TPSA) is 58.9 Å². The van der Waals surface area contributed by atoms with Crippen LogP contribution in [0.25, 0.3) is 6.08 Å². The first kappa shape index (κ1) is 17.8. The molecule has 0 saturated heterocycles. The van der Waals surface area contributed by atoms with Gasteiger partial charge in [0, 0.05) is 5.56 Å². The van der Waals surface area contributed by atoms with Crippen molar-refractivity contribution in [3.63, 3.8) is 0 Å². The van der Waals surface area contributed by atoms with Gasteiger partial charge in [0.25, 0.3) is 5.91 Å². The van der Waals surface area contributed by atoms with Gasteiger partial charge < -0.3 is 9.84 Å². The van der Waals surface area contributed by atoms with Crippen molar-refractivity contribution < 1.29 is 14.6 Å². The first-order chi connectivity index (χ1) is 12.0. The van der Waals surface area contributed by atoms with Crippen LogP contribution in [-0.4, -0.2) is 22.7 Å². The Balaban J connectivity index is 1.88. The highest BCUT2D eigenvalue weighted by Gasteiger charge is 2.23. The van der Waals surface area contributed by atoms with Crippen molar-refractivity contribution >= 4 is 44.7 Å². The van der Waals surface area contributed by atoms with Crippen molar-refractivity contribution in [1.29, 1.82) is 0 Å². The Morgan fingerprint density at radius 1 is 1.28 bits per heavy atom. The van der Waals surface area contributed by atoms with E-state index in [1.807, 2.05) is 38.1 Å². The van der Waals surface area contributed by atoms with E-state index in [1.165, 1.54) is 11.8 Å². The van der Waals surface area contributed by atoms with Gasteiger partial charge in [-0.1, -0.05) is 41.6 Å². The van der Waals surface area contributed by atoms with Gasteiger partial charge in [-0.2, -0.15) is 0 Å². The maximum atomic E-state index is 12.2. The van der Waals surface area contributed by atoms with E-state index < -0.39 is 0 Å². The average Bonchev–Trinajstić information content (AvgIpc) is 2.94. The van der Waals surface area contributed by atoms with Gasteiger partial charge >= 0.3 is 0 Å². The van der Waals surface area contributed by atoms with Gasteiger partial charge in [0.15, 0.2) is 11.5 Å². The standard InChI is InChI=1S/C19H16BrNO3S/c1-3-24-15-9-12(8-14(20)17(15)22)10-16-18(23)21-19(25-16)13-6-4-11(2)5-7-13/h4-10,22H,3H2,1-2H3/b16-10-. The van der Waals surface area contributed by atoms with Gasteiger partial charge in [-0.05, 0) is 53.5 Å². The van der Waals surface area contributed by atoms with Crippen molar-refractivity contribution in [2.75, 3.05) is 6.61 Å². The summed E-state index contributed by atoms with van der Waals surface area (Å²) < 4.78 is 5.94. The number of phenolic OH excluding ortho intramolecular Hbond substituents is 1. The predicted octanol–water partition coefficient (Wildman–Crippen LogP) is 4.92. The van der Waals surface area contributed by atoms with Gasteiger partial charge in [0.2, 0.25) is 0 Å². The summed E-state index contributed by atoms with van der Waals surface area (Å²) in [6.45, 7) is 4.30. The van der Waals surface area contributed by atoms with Crippen LogP contribution in [0.15, 0.2) is 50.8 Å². The second-order valence-corrected chi connectivity index (χ2v) is 7.37. The number of phenols is 1. The van der Waals surface area contributed by atoms with Gasteiger partial charge in [-0.15, -0.1) is 0 Å². The van der Waals surface area contributed by atoms with E-state index >= 15 is 0 Å². The molecule has 1 aliphatic heterocycles. The number of hydrogen-bond acceptors (Lipinski definition) is 4. The molecule has 4 nitrogen and oxygen atoms in total. The van der Waals surface area contributed by atoms with Gasteiger partial charge in [0.1, 0.15) is 5.04 Å². The lowest BCUT2D eigenvalue weighted by atomic mass is 10.2. The molecule has 1 heterocycles. The Morgan fingerprint density at radius 2 is 2.00 bits per heavy atom. The monoisotopic (exact) mass is 417 g/mol. The Hall–Kier alpha value is -2.05. The molecule has 25 heavy (non-hydrogen) atoms. The second-order valence-electron chi connectivity index (χ2n) is 5.48. The summed E-state index contributed by atoms with van der Waals surface area (Å²) in [6, 6.07) is 11.4. The SMILES string of the molecule is CCOc1cc(/C=C2\SC(c3ccc(C)cc3)=NC2=O)cc(Br)c1O. The Morgan fingerprint density at radius 3 is 2.68 bits per heavy atom. The minimum atomic E-state index is -0.261. The molecule has 0 fully saturated rings. The molecule has 0 bridgehead atoms. The third-order valence-corrected chi connectivity index (χ3v) is 5.20. The number of nitrogens with zero attached hydrogens (tertiary/aromatic N) is 1. The first-order valence-electron chi connectivity index (χ1n) is 7.73. The first-order valence-corrected chi connectivity index (χ1v) is 9.33. The zero-order chi connectivity index (χ0) is 18.0. The Labute approximate surface area is 158 Å². The molecule has 0 spiro atoms. The highest BCUT2D eigenvalue weighted by molar-refractivity contribution is 9.10. The lowest BCUT2D eigenvalue weighted by Crippen LogP contribution is -1.93. The number of thioether (sulfide) groups is 1. The van der Waals surface area contributed by atoms with Crippen molar-refractivity contribution in [3.05, 3.63) is 62.5 Å². The molecule has 1 N–H and O–H groups in total. The number of aromatic hydroxyl groups is 1. The Bertz CT molecular complexity index is 888. The minimum absolute atomic E-state index is 0.0472. The molecule has 1 aliphatic rings. The average molecular weight is 418 g/mol. The molecular weight excluding hydrogens is 402 g/mol. The molecule has 0 radical (unpaired) electrons. The number of aliphatic imine (C=N–C) groups is 1. The predicted molar refractivity (Wildman–Crippen MR) is 105 cm³/mol. The van der Waals surface area contributed by atoms with Crippen LogP contribution < -0.4 is 4.74 Å². The summed E-state index contributed by atoms with van der Waals surface area (Å²) >= 11 is 4.65. The van der Waals surface area contributed by atoms with Crippen LogP contribution in [0.2, 0.25) is 0 Å². The molecule has 0 aromatic heterocycles. The number of benzene rings is 2. The number of rotatable bonds is 4. The molecule has 3 rings (SSSR count). The number of ether oxygens (including phenoxy) is 1. The summed E-state index contributed by atoms with van der Waals surface area (Å²) in [5.41, 5.74) is 2.84. The summed E-state index contributed by atoms with van der Waals surface area (Å²) in [7, 11) is 0. The number of halogens is 1. The molecule has 128 valence electrons. The maximum Gasteiger partial charge on any atom is 0.284 e. The van der Waals surface area contributed by atoms with Crippen LogP contribution in [0, 0.1) is 6.92 Å². The van der Waals surface area contributed by atoms with Crippen molar-refractivity contribution in [2.24, 2.45) is 4.99 Å². The molecule has 1 amide bonds. The number of hydrogen-bond donors (Lipinski definition) is 1. The van der Waals surface area contributed by atoms with Crippen LogP contribution in [0.5, 0.6) is 11.5 Å². The van der Waals surface area contributed by atoms with Crippen molar-refractivity contribution in [3.8, 4) is 11.5 Å². The third-order valence-electron chi connectivity index (χ3n) is 3.57. The smallest absolute Gasteiger partial charge is 0.284 e. The summed E-state index contributed by atoms with van der Waals surface area (Å²) in [4.78, 5) is 16.9. The second kappa shape index (κ2) is 7.45. The fourth-order valence-electron chi connectivity index (χ4n) is 2.32. The zero-order valence-corrected chi connectivity index (χ0v) is 16.1. The molecule has 0 unspecified atom stereocenters. The van der Waals surface area contributed by atoms with E-state index in [4.69, 9.17) is 4.74 Å². The number of carbonyl (C=O) groups is 1. The molecule has 0 saturated carbocycles. The molecular formula is C19H16BrNO3S. The maximum absolute atomic E-state index is 12.2. The van der Waals surface area contributed by atoms with E-state index in [1.54, 1.807) is 18.2 Å². The fraction of sp³-hybridized carbons (Fsp3) is 0.158. The van der Waals surface area contributed by atoms with Gasteiger partial charge in [-0.25, -0.2) is 4.99 Å². The Kier molecular flexibility index (Phi) is 5.30. The lowest BCUT2D eigenvalue weighted by molar-refractivity contribution is -0.113. The third kappa shape index (κ3) is 3.96. The van der Waals surface area contributed by atoms with Crippen LogP contribution in [0.4, 0.5) is 0 Å². The molecule has 2 aromatic rings. The van der Waals surface area contributed by atoms with Crippen LogP contribution in [0.3, 0.4) is 0 Å². The summed E-state index contributed by atoms with van der Waals surface area (Å²) in [5.74, 6) is 0.160. The van der Waals surface area contributed by atoms with E-state index in [9.17, 15) is 9.90 Å². The van der Waals surface area contributed by atoms with Crippen LogP contribution in [-0.2, 0) is 4.79 Å². The molecule has 0 aliphatic carbocycles. The number of carbonyl (C=O) groups excluding carboxylic acids is 1.